The minimum Gasteiger partial charge on any atom is -0.435 e. The van der Waals surface area contributed by atoms with Gasteiger partial charge in [-0.2, -0.15) is 8.78 Å². The molecule has 2 N–H and O–H groups in total. The smallest absolute Gasteiger partial charge is 0.387 e. The number of rotatable bonds is 5. The van der Waals surface area contributed by atoms with Crippen LogP contribution in [0.2, 0.25) is 0 Å². The first kappa shape index (κ1) is 15.7. The molecule has 0 aliphatic heterocycles. The van der Waals surface area contributed by atoms with Gasteiger partial charge in [0.05, 0.1) is 6.61 Å². The van der Waals surface area contributed by atoms with Crippen LogP contribution < -0.4 is 10.1 Å². The Bertz CT molecular complexity index is 509. The Morgan fingerprint density at radius 3 is 3.00 bits per heavy atom. The predicted octanol–water partition coefficient (Wildman–Crippen LogP) is 2.57. The van der Waals surface area contributed by atoms with E-state index in [2.05, 4.69) is 10.1 Å². The van der Waals surface area contributed by atoms with Gasteiger partial charge in [0.2, 0.25) is 0 Å². The molecule has 1 fully saturated rings. The van der Waals surface area contributed by atoms with Crippen LogP contribution in [0, 0.1) is 5.41 Å². The normalized spacial score (nSPS) is 25.1. The molecule has 6 heteroatoms. The highest BCUT2D eigenvalue weighted by Gasteiger charge is 2.39. The highest BCUT2D eigenvalue weighted by molar-refractivity contribution is 5.94. The van der Waals surface area contributed by atoms with Gasteiger partial charge in [-0.25, -0.2) is 0 Å². The van der Waals surface area contributed by atoms with Gasteiger partial charge >= 0.3 is 6.61 Å². The van der Waals surface area contributed by atoms with Gasteiger partial charge in [0.1, 0.15) is 5.75 Å². The quantitative estimate of drug-likeness (QED) is 0.878. The second-order valence-corrected chi connectivity index (χ2v) is 5.64. The van der Waals surface area contributed by atoms with Crippen molar-refractivity contribution in [2.75, 3.05) is 6.61 Å². The second-order valence-electron chi connectivity index (χ2n) is 5.64. The maximum Gasteiger partial charge on any atom is 0.387 e. The van der Waals surface area contributed by atoms with Crippen molar-refractivity contribution in [3.05, 3.63) is 29.8 Å². The molecule has 2 unspecified atom stereocenters. The lowest BCUT2D eigenvalue weighted by Gasteiger charge is -2.30. The van der Waals surface area contributed by atoms with Crippen molar-refractivity contribution in [3.63, 3.8) is 0 Å². The fraction of sp³-hybridized carbons (Fsp3) is 0.533. The van der Waals surface area contributed by atoms with Gasteiger partial charge in [-0.1, -0.05) is 19.4 Å². The highest BCUT2D eigenvalue weighted by Crippen LogP contribution is 2.37. The number of halogens is 2. The Labute approximate surface area is 122 Å². The monoisotopic (exact) mass is 299 g/mol. The standard InChI is InChI=1S/C15H19F2NO3/c1-15(9-19)7-3-6-12(15)18-13(20)10-4-2-5-11(8-10)21-14(16)17/h2,4-5,8,12,14,19H,3,6-7,9H2,1H3,(H,18,20). The molecule has 0 aromatic heterocycles. The van der Waals surface area contributed by atoms with Gasteiger partial charge in [0.15, 0.2) is 0 Å². The number of benzene rings is 1. The van der Waals surface area contributed by atoms with E-state index in [1.54, 1.807) is 6.07 Å². The summed E-state index contributed by atoms with van der Waals surface area (Å²) < 4.78 is 28.6. The van der Waals surface area contributed by atoms with E-state index < -0.39 is 6.61 Å². The molecular weight excluding hydrogens is 280 g/mol. The maximum atomic E-state index is 12.2. The fourth-order valence-electron chi connectivity index (χ4n) is 2.72. The van der Waals surface area contributed by atoms with Crippen LogP contribution in [0.1, 0.15) is 36.5 Å². The van der Waals surface area contributed by atoms with E-state index in [1.807, 2.05) is 6.92 Å². The summed E-state index contributed by atoms with van der Waals surface area (Å²) in [6.07, 6.45) is 2.59. The van der Waals surface area contributed by atoms with E-state index in [1.165, 1.54) is 18.2 Å². The molecule has 21 heavy (non-hydrogen) atoms. The molecule has 1 aromatic rings. The van der Waals surface area contributed by atoms with Crippen molar-refractivity contribution < 1.29 is 23.4 Å². The van der Waals surface area contributed by atoms with Crippen LogP contribution >= 0.6 is 0 Å². The van der Waals surface area contributed by atoms with Gasteiger partial charge in [-0.05, 0) is 31.0 Å². The van der Waals surface area contributed by atoms with E-state index in [4.69, 9.17) is 0 Å². The minimum atomic E-state index is -2.92. The molecule has 0 heterocycles. The van der Waals surface area contributed by atoms with Crippen LogP contribution in [0.3, 0.4) is 0 Å². The average molecular weight is 299 g/mol. The molecule has 1 aliphatic carbocycles. The molecule has 0 bridgehead atoms. The van der Waals surface area contributed by atoms with Crippen LogP contribution in [-0.4, -0.2) is 30.3 Å². The number of aliphatic hydroxyl groups is 1. The van der Waals surface area contributed by atoms with Crippen LogP contribution in [-0.2, 0) is 0 Å². The first-order valence-corrected chi connectivity index (χ1v) is 6.91. The third-order valence-electron chi connectivity index (χ3n) is 4.07. The lowest BCUT2D eigenvalue weighted by Crippen LogP contribution is -2.44. The summed E-state index contributed by atoms with van der Waals surface area (Å²) in [6, 6.07) is 5.57. The minimum absolute atomic E-state index is 0.00643. The molecule has 2 atom stereocenters. The summed E-state index contributed by atoms with van der Waals surface area (Å²) in [4.78, 5) is 12.2. The van der Waals surface area contributed by atoms with Crippen LogP contribution in [0.15, 0.2) is 24.3 Å². The number of hydrogen-bond donors (Lipinski definition) is 2. The van der Waals surface area contributed by atoms with E-state index in [0.29, 0.717) is 0 Å². The lowest BCUT2D eigenvalue weighted by atomic mass is 9.85. The van der Waals surface area contributed by atoms with Crippen molar-refractivity contribution in [1.29, 1.82) is 0 Å². The third-order valence-corrected chi connectivity index (χ3v) is 4.07. The van der Waals surface area contributed by atoms with Gasteiger partial charge in [0, 0.05) is 17.0 Å². The average Bonchev–Trinajstić information content (AvgIpc) is 2.80. The number of aliphatic hydroxyl groups excluding tert-OH is 1. The summed E-state index contributed by atoms with van der Waals surface area (Å²) in [6.45, 7) is -0.982. The number of nitrogens with one attached hydrogen (secondary N) is 1. The van der Waals surface area contributed by atoms with Gasteiger partial charge in [0.25, 0.3) is 5.91 Å². The Balaban J connectivity index is 2.06. The third kappa shape index (κ3) is 3.69. The largest absolute Gasteiger partial charge is 0.435 e. The molecule has 116 valence electrons. The molecule has 4 nitrogen and oxygen atoms in total. The van der Waals surface area contributed by atoms with Crippen LogP contribution in [0.25, 0.3) is 0 Å². The summed E-state index contributed by atoms with van der Waals surface area (Å²) in [5.41, 5.74) is -0.0624. The Morgan fingerprint density at radius 1 is 1.57 bits per heavy atom. The number of amides is 1. The number of ether oxygens (including phenoxy) is 1. The van der Waals surface area contributed by atoms with Crippen molar-refractivity contribution in [1.82, 2.24) is 5.32 Å². The van der Waals surface area contributed by atoms with E-state index in [0.717, 1.165) is 19.3 Å². The number of alkyl halides is 2. The highest BCUT2D eigenvalue weighted by atomic mass is 19.3. The summed E-state index contributed by atoms with van der Waals surface area (Å²) in [7, 11) is 0. The first-order chi connectivity index (χ1) is 9.94. The molecule has 0 spiro atoms. The molecule has 2 rings (SSSR count). The number of carbonyl (C=O) groups is 1. The summed E-state index contributed by atoms with van der Waals surface area (Å²) in [5.74, 6) is -0.393. The van der Waals surface area contributed by atoms with Gasteiger partial charge in [-0.3, -0.25) is 4.79 Å². The number of hydrogen-bond acceptors (Lipinski definition) is 3. The van der Waals surface area contributed by atoms with Crippen molar-refractivity contribution in [2.45, 2.75) is 38.8 Å². The fourth-order valence-corrected chi connectivity index (χ4v) is 2.72. The van der Waals surface area contributed by atoms with Gasteiger partial charge in [-0.15, -0.1) is 0 Å². The van der Waals surface area contributed by atoms with Crippen molar-refractivity contribution in [3.8, 4) is 5.75 Å². The first-order valence-electron chi connectivity index (χ1n) is 6.91. The zero-order valence-corrected chi connectivity index (χ0v) is 11.8. The van der Waals surface area contributed by atoms with Crippen molar-refractivity contribution >= 4 is 5.91 Å². The Kier molecular flexibility index (Phi) is 4.77. The number of carbonyl (C=O) groups excluding carboxylic acids is 1. The van der Waals surface area contributed by atoms with E-state index >= 15 is 0 Å². The molecular formula is C15H19F2NO3. The predicted molar refractivity (Wildman–Crippen MR) is 73.4 cm³/mol. The molecule has 1 aliphatic rings. The van der Waals surface area contributed by atoms with Gasteiger partial charge < -0.3 is 15.2 Å². The molecule has 1 aromatic carbocycles. The zero-order valence-electron chi connectivity index (χ0n) is 11.8. The van der Waals surface area contributed by atoms with Crippen molar-refractivity contribution in [2.24, 2.45) is 5.41 Å². The Hall–Kier alpha value is -1.69. The van der Waals surface area contributed by atoms with Crippen LogP contribution in [0.4, 0.5) is 8.78 Å². The topological polar surface area (TPSA) is 58.6 Å². The maximum absolute atomic E-state index is 12.2. The molecule has 1 amide bonds. The molecule has 0 saturated heterocycles. The second kappa shape index (κ2) is 6.39. The van der Waals surface area contributed by atoms with E-state index in [9.17, 15) is 18.7 Å². The molecule has 0 radical (unpaired) electrons. The van der Waals surface area contributed by atoms with E-state index in [-0.39, 0.29) is 35.3 Å². The summed E-state index contributed by atoms with van der Waals surface area (Å²) >= 11 is 0. The Morgan fingerprint density at radius 2 is 2.33 bits per heavy atom. The molecule has 1 saturated carbocycles. The SMILES string of the molecule is CC1(CO)CCCC1NC(=O)c1cccc(OC(F)F)c1. The zero-order chi connectivity index (χ0) is 15.5. The summed E-state index contributed by atoms with van der Waals surface area (Å²) in [5, 5.41) is 12.3. The lowest BCUT2D eigenvalue weighted by molar-refractivity contribution is -0.0498. The van der Waals surface area contributed by atoms with Crippen LogP contribution in [0.5, 0.6) is 5.75 Å².